The Morgan fingerprint density at radius 2 is 2.22 bits per heavy atom. The van der Waals surface area contributed by atoms with Crippen molar-refractivity contribution in [2.24, 2.45) is 5.92 Å². The number of rotatable bonds is 3. The van der Waals surface area contributed by atoms with Crippen molar-refractivity contribution < 1.29 is 0 Å². The van der Waals surface area contributed by atoms with Gasteiger partial charge in [0.05, 0.1) is 16.6 Å². The molecule has 18 heavy (non-hydrogen) atoms. The molecule has 5 heteroatoms. The summed E-state index contributed by atoms with van der Waals surface area (Å²) in [5.41, 5.74) is 0.872. The first-order valence-corrected chi connectivity index (χ1v) is 7.26. The highest BCUT2D eigenvalue weighted by Gasteiger charge is 2.18. The molecule has 2 aromatic rings. The molecule has 0 N–H and O–H groups in total. The lowest BCUT2D eigenvalue weighted by Crippen LogP contribution is -2.08. The lowest BCUT2D eigenvalue weighted by molar-refractivity contribution is 0.562. The Morgan fingerprint density at radius 1 is 1.44 bits per heavy atom. The van der Waals surface area contributed by atoms with E-state index in [1.54, 1.807) is 17.5 Å². The van der Waals surface area contributed by atoms with Crippen LogP contribution in [0.25, 0.3) is 10.6 Å². The topological polar surface area (TPSA) is 49.6 Å². The average molecular weight is 322 g/mol. The van der Waals surface area contributed by atoms with Gasteiger partial charge in [-0.3, -0.25) is 0 Å². The molecular weight excluding hydrogens is 310 g/mol. The van der Waals surface area contributed by atoms with Crippen LogP contribution in [0.3, 0.4) is 0 Å². The van der Waals surface area contributed by atoms with Gasteiger partial charge in [0.15, 0.2) is 0 Å². The molecule has 2 heterocycles. The van der Waals surface area contributed by atoms with Crippen LogP contribution in [-0.2, 0) is 0 Å². The average Bonchev–Trinajstić information content (AvgIpc) is 2.77. The molecule has 0 saturated carbocycles. The van der Waals surface area contributed by atoms with Crippen molar-refractivity contribution >= 4 is 27.3 Å². The van der Waals surface area contributed by atoms with Gasteiger partial charge in [-0.1, -0.05) is 13.8 Å². The van der Waals surface area contributed by atoms with E-state index >= 15 is 0 Å². The smallest absolute Gasteiger partial charge is 0.146 e. The third-order valence-corrected chi connectivity index (χ3v) is 4.29. The van der Waals surface area contributed by atoms with Gasteiger partial charge in [0.25, 0.3) is 0 Å². The normalized spacial score (nSPS) is 12.4. The van der Waals surface area contributed by atoms with Gasteiger partial charge in [-0.25, -0.2) is 9.97 Å². The Hall–Kier alpha value is -1.25. The van der Waals surface area contributed by atoms with E-state index in [1.807, 2.05) is 31.4 Å². The second-order valence-electron chi connectivity index (χ2n) is 4.28. The maximum atomic E-state index is 9.18. The Balaban J connectivity index is 2.39. The predicted octanol–water partition coefficient (Wildman–Crippen LogP) is 4.23. The number of hydrogen-bond donors (Lipinski definition) is 0. The van der Waals surface area contributed by atoms with Crippen molar-refractivity contribution in [2.45, 2.75) is 19.8 Å². The molecule has 0 aliphatic heterocycles. The summed E-state index contributed by atoms with van der Waals surface area (Å²) in [4.78, 5) is 9.80. The van der Waals surface area contributed by atoms with Gasteiger partial charge < -0.3 is 0 Å². The van der Waals surface area contributed by atoms with Crippen LogP contribution in [-0.4, -0.2) is 9.97 Å². The summed E-state index contributed by atoms with van der Waals surface area (Å²) in [7, 11) is 0. The Morgan fingerprint density at radius 3 is 2.78 bits per heavy atom. The second-order valence-corrected chi connectivity index (χ2v) is 6.11. The van der Waals surface area contributed by atoms with Crippen molar-refractivity contribution in [3.05, 3.63) is 34.0 Å². The van der Waals surface area contributed by atoms with Crippen LogP contribution >= 0.6 is 27.3 Å². The molecule has 2 aromatic heterocycles. The van der Waals surface area contributed by atoms with Crippen molar-refractivity contribution in [2.75, 3.05) is 0 Å². The highest BCUT2D eigenvalue weighted by atomic mass is 79.9. The first-order valence-electron chi connectivity index (χ1n) is 5.58. The van der Waals surface area contributed by atoms with E-state index < -0.39 is 0 Å². The maximum absolute atomic E-state index is 9.18. The van der Waals surface area contributed by atoms with Crippen LogP contribution in [0, 0.1) is 17.2 Å². The molecule has 0 fully saturated rings. The van der Waals surface area contributed by atoms with Gasteiger partial charge in [0.1, 0.15) is 11.7 Å². The molecule has 2 rings (SSSR count). The van der Waals surface area contributed by atoms with Gasteiger partial charge in [-0.2, -0.15) is 5.26 Å². The van der Waals surface area contributed by atoms with E-state index in [-0.39, 0.29) is 11.8 Å². The lowest BCUT2D eigenvalue weighted by Gasteiger charge is -2.11. The minimum Gasteiger partial charge on any atom is -0.240 e. The molecule has 3 nitrogen and oxygen atoms in total. The van der Waals surface area contributed by atoms with E-state index in [0.29, 0.717) is 5.82 Å². The van der Waals surface area contributed by atoms with Gasteiger partial charge >= 0.3 is 0 Å². The third kappa shape index (κ3) is 2.77. The lowest BCUT2D eigenvalue weighted by atomic mass is 9.96. The highest BCUT2D eigenvalue weighted by Crippen LogP contribution is 2.29. The third-order valence-electron chi connectivity index (χ3n) is 2.58. The number of halogens is 1. The summed E-state index contributed by atoms with van der Waals surface area (Å²) in [6, 6.07) is 6.16. The van der Waals surface area contributed by atoms with Crippen LogP contribution < -0.4 is 0 Å². The number of thiophene rings is 1. The monoisotopic (exact) mass is 321 g/mol. The predicted molar refractivity (Wildman–Crippen MR) is 76.2 cm³/mol. The summed E-state index contributed by atoms with van der Waals surface area (Å²) in [5, 5.41) is 11.2. The van der Waals surface area contributed by atoms with Gasteiger partial charge in [0, 0.05) is 16.0 Å². The Labute approximate surface area is 119 Å². The molecule has 0 bridgehead atoms. The van der Waals surface area contributed by atoms with E-state index in [2.05, 4.69) is 32.0 Å². The molecule has 0 spiro atoms. The SMILES string of the molecule is CC(C)C(C#N)c1nccc(-c2cc(Br)cs2)n1. The molecule has 0 saturated heterocycles. The second kappa shape index (κ2) is 5.59. The largest absolute Gasteiger partial charge is 0.240 e. The molecule has 0 aromatic carbocycles. The summed E-state index contributed by atoms with van der Waals surface area (Å²) in [5.74, 6) is 0.559. The summed E-state index contributed by atoms with van der Waals surface area (Å²) in [6.45, 7) is 4.01. The first-order chi connectivity index (χ1) is 8.61. The maximum Gasteiger partial charge on any atom is 0.146 e. The van der Waals surface area contributed by atoms with Gasteiger partial charge in [0.2, 0.25) is 0 Å². The molecule has 0 radical (unpaired) electrons. The number of aromatic nitrogens is 2. The van der Waals surface area contributed by atoms with Crippen LogP contribution in [0.1, 0.15) is 25.6 Å². The summed E-state index contributed by atoms with van der Waals surface area (Å²) >= 11 is 5.05. The van der Waals surface area contributed by atoms with Gasteiger partial charge in [-0.05, 0) is 34.0 Å². The first kappa shape index (κ1) is 13.2. The fraction of sp³-hybridized carbons (Fsp3) is 0.308. The minimum atomic E-state index is -0.256. The van der Waals surface area contributed by atoms with Crippen LogP contribution in [0.4, 0.5) is 0 Å². The zero-order valence-corrected chi connectivity index (χ0v) is 12.5. The van der Waals surface area contributed by atoms with Gasteiger partial charge in [-0.15, -0.1) is 11.3 Å². The van der Waals surface area contributed by atoms with Crippen molar-refractivity contribution in [1.29, 1.82) is 5.26 Å². The molecule has 0 aliphatic rings. The molecule has 0 aliphatic carbocycles. The Bertz CT molecular complexity index is 586. The Kier molecular flexibility index (Phi) is 4.10. The van der Waals surface area contributed by atoms with Crippen LogP contribution in [0.2, 0.25) is 0 Å². The molecule has 0 amide bonds. The highest BCUT2D eigenvalue weighted by molar-refractivity contribution is 9.10. The number of nitriles is 1. The van der Waals surface area contributed by atoms with Crippen molar-refractivity contribution in [1.82, 2.24) is 9.97 Å². The molecule has 1 unspecified atom stereocenters. The van der Waals surface area contributed by atoms with Crippen LogP contribution in [0.15, 0.2) is 28.2 Å². The molecule has 1 atom stereocenters. The van der Waals surface area contributed by atoms with Crippen molar-refractivity contribution in [3.8, 4) is 16.6 Å². The fourth-order valence-electron chi connectivity index (χ4n) is 1.61. The summed E-state index contributed by atoms with van der Waals surface area (Å²) < 4.78 is 1.04. The number of hydrogen-bond acceptors (Lipinski definition) is 4. The van der Waals surface area contributed by atoms with E-state index in [9.17, 15) is 5.26 Å². The van der Waals surface area contributed by atoms with Crippen molar-refractivity contribution in [3.63, 3.8) is 0 Å². The van der Waals surface area contributed by atoms with E-state index in [0.717, 1.165) is 15.0 Å². The zero-order valence-electron chi connectivity index (χ0n) is 10.1. The zero-order chi connectivity index (χ0) is 13.1. The summed E-state index contributed by atoms with van der Waals surface area (Å²) in [6.07, 6.45) is 1.72. The molecular formula is C13H12BrN3S. The minimum absolute atomic E-state index is 0.209. The van der Waals surface area contributed by atoms with Crippen LogP contribution in [0.5, 0.6) is 0 Å². The quantitative estimate of drug-likeness (QED) is 0.849. The fourth-order valence-corrected chi connectivity index (χ4v) is 3.01. The standard InChI is InChI=1S/C13H12BrN3S/c1-8(2)10(6-15)13-16-4-3-11(17-13)12-5-9(14)7-18-12/h3-5,7-8,10H,1-2H3. The van der Waals surface area contributed by atoms with E-state index in [1.165, 1.54) is 0 Å². The number of nitrogens with zero attached hydrogens (tertiary/aromatic N) is 3. The van der Waals surface area contributed by atoms with E-state index in [4.69, 9.17) is 0 Å². The molecule has 92 valence electrons.